The van der Waals surface area contributed by atoms with Crippen molar-refractivity contribution < 1.29 is 19.4 Å². The summed E-state index contributed by atoms with van der Waals surface area (Å²) < 4.78 is 4.97. The number of aliphatic hydroxyl groups excluding tert-OH is 1. The Morgan fingerprint density at radius 3 is 2.75 bits per heavy atom. The molecule has 28 heavy (non-hydrogen) atoms. The molecule has 8 nitrogen and oxygen atoms in total. The average molecular weight is 382 g/mol. The second kappa shape index (κ2) is 9.04. The van der Waals surface area contributed by atoms with Crippen molar-refractivity contribution in [3.8, 4) is 6.07 Å². The molecule has 2 aromatic rings. The van der Waals surface area contributed by atoms with Crippen molar-refractivity contribution in [2.75, 3.05) is 13.2 Å². The zero-order chi connectivity index (χ0) is 19.9. The van der Waals surface area contributed by atoms with Crippen molar-refractivity contribution in [3.05, 3.63) is 35.8 Å². The summed E-state index contributed by atoms with van der Waals surface area (Å²) in [5.74, 6) is -1.08. The second-order valence-electron chi connectivity index (χ2n) is 6.75. The van der Waals surface area contributed by atoms with Crippen LogP contribution in [0, 0.1) is 17.2 Å². The molecule has 0 bridgehead atoms. The largest absolute Gasteiger partial charge is 0.507 e. The highest BCUT2D eigenvalue weighted by Crippen LogP contribution is 2.23. The van der Waals surface area contributed by atoms with Gasteiger partial charge in [0.25, 0.3) is 0 Å². The number of fused-ring (bicyclic) bond motifs is 1. The normalized spacial score (nSPS) is 15.5. The van der Waals surface area contributed by atoms with Crippen LogP contribution < -0.4 is 5.32 Å². The van der Waals surface area contributed by atoms with Gasteiger partial charge in [0, 0.05) is 5.92 Å². The number of imidazole rings is 1. The van der Waals surface area contributed by atoms with Gasteiger partial charge in [-0.1, -0.05) is 31.4 Å². The van der Waals surface area contributed by atoms with Crippen LogP contribution in [0.2, 0.25) is 0 Å². The number of H-pyrrole nitrogens is 1. The first-order chi connectivity index (χ1) is 13.6. The van der Waals surface area contributed by atoms with E-state index in [9.17, 15) is 20.0 Å². The zero-order valence-electron chi connectivity index (χ0n) is 15.4. The van der Waals surface area contributed by atoms with Crippen molar-refractivity contribution in [3.63, 3.8) is 0 Å². The molecule has 146 valence electrons. The van der Waals surface area contributed by atoms with Gasteiger partial charge in [-0.25, -0.2) is 4.98 Å². The van der Waals surface area contributed by atoms with Crippen molar-refractivity contribution in [1.82, 2.24) is 15.3 Å². The lowest BCUT2D eigenvalue weighted by atomic mass is 9.89. The number of nitrogens with one attached hydrogen (secondary N) is 2. The molecule has 8 heteroatoms. The summed E-state index contributed by atoms with van der Waals surface area (Å²) in [6.07, 6.45) is 4.88. The molecule has 0 aliphatic heterocycles. The standard InChI is InChI=1S/C20H22N4O4/c21-10-14(19-23-15-8-4-5-9-16(15)24-19)17(25)12-28-18(26)11-22-20(27)13-6-2-1-3-7-13/h4-5,8-9,13,25H,1-3,6-7,11-12H2,(H,22,27)(H,23,24)/b17-14-. The summed E-state index contributed by atoms with van der Waals surface area (Å²) in [4.78, 5) is 31.1. The van der Waals surface area contributed by atoms with Crippen LogP contribution in [0.15, 0.2) is 30.0 Å². The summed E-state index contributed by atoms with van der Waals surface area (Å²) >= 11 is 0. The molecule has 1 aromatic carbocycles. The molecular weight excluding hydrogens is 360 g/mol. The molecule has 0 spiro atoms. The molecule has 3 rings (SSSR count). The van der Waals surface area contributed by atoms with E-state index in [1.807, 2.05) is 18.2 Å². The predicted octanol–water partition coefficient (Wildman–Crippen LogP) is 2.60. The Morgan fingerprint density at radius 2 is 2.04 bits per heavy atom. The number of benzene rings is 1. The van der Waals surface area contributed by atoms with E-state index in [2.05, 4.69) is 15.3 Å². The van der Waals surface area contributed by atoms with Gasteiger partial charge < -0.3 is 20.1 Å². The number of ether oxygens (including phenoxy) is 1. The van der Waals surface area contributed by atoms with Crippen molar-refractivity contribution >= 4 is 28.5 Å². The average Bonchev–Trinajstić information content (AvgIpc) is 3.15. The summed E-state index contributed by atoms with van der Waals surface area (Å²) in [5, 5.41) is 22.1. The van der Waals surface area contributed by atoms with E-state index < -0.39 is 18.3 Å². The van der Waals surface area contributed by atoms with Crippen LogP contribution in [-0.2, 0) is 14.3 Å². The minimum Gasteiger partial charge on any atom is -0.507 e. The lowest BCUT2D eigenvalue weighted by molar-refractivity contribution is -0.144. The van der Waals surface area contributed by atoms with Crippen molar-refractivity contribution in [2.24, 2.45) is 5.92 Å². The van der Waals surface area contributed by atoms with E-state index >= 15 is 0 Å². The Hall–Kier alpha value is -3.34. The molecule has 3 N–H and O–H groups in total. The van der Waals surface area contributed by atoms with Crippen molar-refractivity contribution in [1.29, 1.82) is 5.26 Å². The minimum atomic E-state index is -0.683. The number of hydrogen-bond acceptors (Lipinski definition) is 6. The number of carbonyl (C=O) groups excluding carboxylic acids is 2. The first-order valence-corrected chi connectivity index (χ1v) is 9.29. The summed E-state index contributed by atoms with van der Waals surface area (Å²) in [6, 6.07) is 9.08. The third-order valence-corrected chi connectivity index (χ3v) is 4.78. The highest BCUT2D eigenvalue weighted by atomic mass is 16.5. The molecule has 1 heterocycles. The van der Waals surface area contributed by atoms with Gasteiger partial charge in [-0.3, -0.25) is 9.59 Å². The molecule has 0 radical (unpaired) electrons. The van der Waals surface area contributed by atoms with Gasteiger partial charge in [0.15, 0.2) is 11.6 Å². The summed E-state index contributed by atoms with van der Waals surface area (Å²) in [7, 11) is 0. The van der Waals surface area contributed by atoms with Gasteiger partial charge in [0.2, 0.25) is 5.91 Å². The van der Waals surface area contributed by atoms with Gasteiger partial charge in [-0.05, 0) is 25.0 Å². The Balaban J connectivity index is 1.55. The Kier molecular flexibility index (Phi) is 6.27. The molecule has 1 aliphatic rings. The topological polar surface area (TPSA) is 128 Å². The van der Waals surface area contributed by atoms with Crippen LogP contribution in [0.25, 0.3) is 16.6 Å². The highest BCUT2D eigenvalue weighted by Gasteiger charge is 2.21. The molecule has 1 amide bonds. The van der Waals surface area contributed by atoms with Gasteiger partial charge in [-0.15, -0.1) is 0 Å². The summed E-state index contributed by atoms with van der Waals surface area (Å²) in [6.45, 7) is -0.743. The molecule has 1 aromatic heterocycles. The second-order valence-corrected chi connectivity index (χ2v) is 6.75. The molecule has 1 fully saturated rings. The minimum absolute atomic E-state index is 0.0480. The van der Waals surface area contributed by atoms with E-state index in [1.165, 1.54) is 0 Å². The van der Waals surface area contributed by atoms with Crippen LogP contribution in [0.4, 0.5) is 0 Å². The fourth-order valence-electron chi connectivity index (χ4n) is 3.27. The number of aliphatic hydroxyl groups is 1. The quantitative estimate of drug-likeness (QED) is 0.400. The van der Waals surface area contributed by atoms with Gasteiger partial charge in [0.05, 0.1) is 11.0 Å². The van der Waals surface area contributed by atoms with E-state index in [0.29, 0.717) is 5.52 Å². The fraction of sp³-hybridized carbons (Fsp3) is 0.400. The van der Waals surface area contributed by atoms with Gasteiger partial charge >= 0.3 is 5.97 Å². The highest BCUT2D eigenvalue weighted by molar-refractivity contribution is 5.84. The number of nitrogens with zero attached hydrogens (tertiary/aromatic N) is 2. The first-order valence-electron chi connectivity index (χ1n) is 9.29. The Bertz CT molecular complexity index is 902. The molecule has 0 unspecified atom stereocenters. The third-order valence-electron chi connectivity index (χ3n) is 4.78. The number of para-hydroxylation sites is 2. The molecule has 1 aliphatic carbocycles. The van der Waals surface area contributed by atoms with Gasteiger partial charge in [0.1, 0.15) is 24.8 Å². The smallest absolute Gasteiger partial charge is 0.325 e. The number of allylic oxidation sites excluding steroid dienone is 1. The Labute approximate surface area is 162 Å². The third kappa shape index (κ3) is 4.68. The van der Waals surface area contributed by atoms with Crippen molar-refractivity contribution in [2.45, 2.75) is 32.1 Å². The number of hydrogen-bond donors (Lipinski definition) is 3. The lowest BCUT2D eigenvalue weighted by Gasteiger charge is -2.20. The maximum atomic E-state index is 12.0. The number of aromatic amines is 1. The van der Waals surface area contributed by atoms with E-state index in [1.54, 1.807) is 12.1 Å². The van der Waals surface area contributed by atoms with Crippen LogP contribution in [0.5, 0.6) is 0 Å². The lowest BCUT2D eigenvalue weighted by Crippen LogP contribution is -2.36. The van der Waals surface area contributed by atoms with E-state index in [0.717, 1.165) is 37.6 Å². The maximum Gasteiger partial charge on any atom is 0.325 e. The predicted molar refractivity (Wildman–Crippen MR) is 102 cm³/mol. The molecule has 0 saturated heterocycles. The number of rotatable bonds is 6. The Morgan fingerprint density at radius 1 is 1.29 bits per heavy atom. The molecule has 0 atom stereocenters. The number of esters is 1. The summed E-state index contributed by atoms with van der Waals surface area (Å²) in [5.41, 5.74) is 1.27. The van der Waals surface area contributed by atoms with Crippen LogP contribution in [0.3, 0.4) is 0 Å². The van der Waals surface area contributed by atoms with E-state index in [-0.39, 0.29) is 29.8 Å². The number of aromatic nitrogens is 2. The van der Waals surface area contributed by atoms with Crippen LogP contribution in [0.1, 0.15) is 37.9 Å². The zero-order valence-corrected chi connectivity index (χ0v) is 15.4. The number of nitriles is 1. The first kappa shape index (κ1) is 19.4. The number of carbonyl (C=O) groups is 2. The van der Waals surface area contributed by atoms with Gasteiger partial charge in [-0.2, -0.15) is 5.26 Å². The monoisotopic (exact) mass is 382 g/mol. The number of amides is 1. The molecule has 1 saturated carbocycles. The van der Waals surface area contributed by atoms with E-state index in [4.69, 9.17) is 4.74 Å². The molecular formula is C20H22N4O4. The fourth-order valence-corrected chi connectivity index (χ4v) is 3.27. The van der Waals surface area contributed by atoms with Crippen LogP contribution in [-0.4, -0.2) is 40.1 Å². The van der Waals surface area contributed by atoms with Crippen LogP contribution >= 0.6 is 0 Å². The maximum absolute atomic E-state index is 12.0. The SMILES string of the molecule is N#C/C(=C(/O)COC(=O)CNC(=O)C1CCCCC1)c1nc2ccccc2[nH]1.